The molecule has 2 aromatic carbocycles. The lowest BCUT2D eigenvalue weighted by Gasteiger charge is -2.26. The first kappa shape index (κ1) is 16.0. The molecule has 3 rings (SSSR count). The van der Waals surface area contributed by atoms with Gasteiger partial charge >= 0.3 is 0 Å². The molecular formula is C18H22N2O2S. The Kier molecular flexibility index (Phi) is 4.41. The third-order valence-electron chi connectivity index (χ3n) is 4.24. The number of benzene rings is 2. The normalized spacial score (nSPS) is 17.7. The van der Waals surface area contributed by atoms with Crippen molar-refractivity contribution in [2.75, 3.05) is 5.73 Å². The maximum atomic E-state index is 12.5. The largest absolute Gasteiger partial charge is 0.399 e. The number of nitrogens with two attached hydrogens (primary N) is 1. The minimum Gasteiger partial charge on any atom is -0.399 e. The monoisotopic (exact) mass is 330 g/mol. The van der Waals surface area contributed by atoms with E-state index in [-0.39, 0.29) is 11.8 Å². The van der Waals surface area contributed by atoms with Crippen molar-refractivity contribution in [3.63, 3.8) is 0 Å². The molecule has 1 aliphatic carbocycles. The molecule has 0 saturated carbocycles. The Labute approximate surface area is 137 Å². The molecule has 1 unspecified atom stereocenters. The van der Waals surface area contributed by atoms with Crippen LogP contribution in [0.4, 0.5) is 5.69 Å². The molecule has 23 heavy (non-hydrogen) atoms. The summed E-state index contributed by atoms with van der Waals surface area (Å²) in [5, 5.41) is 0. The molecule has 0 bridgehead atoms. The van der Waals surface area contributed by atoms with Crippen LogP contribution in [0.25, 0.3) is 0 Å². The lowest BCUT2D eigenvalue weighted by Crippen LogP contribution is -2.32. The lowest BCUT2D eigenvalue weighted by atomic mass is 9.88. The van der Waals surface area contributed by atoms with E-state index in [9.17, 15) is 8.42 Å². The van der Waals surface area contributed by atoms with Crippen LogP contribution < -0.4 is 10.5 Å². The molecule has 2 aromatic rings. The lowest BCUT2D eigenvalue weighted by molar-refractivity contribution is 0.507. The number of hydrogen-bond acceptors (Lipinski definition) is 3. The van der Waals surface area contributed by atoms with Gasteiger partial charge in [0.15, 0.2) is 0 Å². The maximum Gasteiger partial charge on any atom is 0.216 e. The van der Waals surface area contributed by atoms with Crippen molar-refractivity contribution in [1.29, 1.82) is 0 Å². The van der Waals surface area contributed by atoms with Crippen molar-refractivity contribution in [2.45, 2.75) is 38.0 Å². The highest BCUT2D eigenvalue weighted by atomic mass is 32.2. The Hall–Kier alpha value is -1.85. The van der Waals surface area contributed by atoms with Crippen LogP contribution in [0.1, 0.15) is 41.1 Å². The Morgan fingerprint density at radius 1 is 1.22 bits per heavy atom. The number of fused-ring (bicyclic) bond motifs is 1. The molecule has 3 N–H and O–H groups in total. The minimum absolute atomic E-state index is 0.00941. The van der Waals surface area contributed by atoms with Gasteiger partial charge in [0, 0.05) is 11.7 Å². The second-order valence-corrected chi connectivity index (χ2v) is 8.02. The first-order chi connectivity index (χ1) is 10.9. The molecule has 4 nitrogen and oxygen atoms in total. The van der Waals surface area contributed by atoms with E-state index in [0.29, 0.717) is 0 Å². The van der Waals surface area contributed by atoms with Gasteiger partial charge < -0.3 is 5.73 Å². The van der Waals surface area contributed by atoms with Gasteiger partial charge in [-0.05, 0) is 55.0 Å². The Morgan fingerprint density at radius 3 is 2.83 bits per heavy atom. The summed E-state index contributed by atoms with van der Waals surface area (Å²) in [6.07, 6.45) is 2.74. The highest BCUT2D eigenvalue weighted by Gasteiger charge is 2.25. The molecule has 0 spiro atoms. The standard InChI is InChI=1S/C18H22N2O2S/c1-13-4-2-5-14(10-13)12-23(21,22)20-18-7-3-6-15-11-16(19)8-9-17(15)18/h2,4-5,8-11,18,20H,3,6-7,12,19H2,1H3. The second kappa shape index (κ2) is 6.34. The van der Waals surface area contributed by atoms with Crippen LogP contribution in [0.3, 0.4) is 0 Å². The van der Waals surface area contributed by atoms with Crippen LogP contribution in [0.15, 0.2) is 42.5 Å². The molecule has 0 radical (unpaired) electrons. The van der Waals surface area contributed by atoms with Crippen LogP contribution in [0, 0.1) is 6.92 Å². The Bertz CT molecular complexity index is 816. The van der Waals surface area contributed by atoms with Crippen LogP contribution in [0.5, 0.6) is 0 Å². The first-order valence-electron chi connectivity index (χ1n) is 7.87. The number of sulfonamides is 1. The number of nitrogen functional groups attached to an aromatic ring is 1. The second-order valence-electron chi connectivity index (χ2n) is 6.27. The summed E-state index contributed by atoms with van der Waals surface area (Å²) in [6, 6.07) is 13.2. The molecule has 5 heteroatoms. The fourth-order valence-corrected chi connectivity index (χ4v) is 4.62. The summed E-state index contributed by atoms with van der Waals surface area (Å²) in [6.45, 7) is 1.96. The third kappa shape index (κ3) is 3.92. The fraction of sp³-hybridized carbons (Fsp3) is 0.333. The van der Waals surface area contributed by atoms with E-state index in [1.165, 1.54) is 0 Å². The fourth-order valence-electron chi connectivity index (χ4n) is 3.24. The van der Waals surface area contributed by atoms with Crippen LogP contribution in [-0.2, 0) is 22.2 Å². The average Bonchev–Trinajstić information content (AvgIpc) is 2.46. The van der Waals surface area contributed by atoms with E-state index < -0.39 is 10.0 Å². The predicted molar refractivity (Wildman–Crippen MR) is 93.5 cm³/mol. The Balaban J connectivity index is 1.79. The zero-order valence-corrected chi connectivity index (χ0v) is 14.1. The van der Waals surface area contributed by atoms with Crippen molar-refractivity contribution in [1.82, 2.24) is 4.72 Å². The van der Waals surface area contributed by atoms with Gasteiger partial charge in [0.2, 0.25) is 10.0 Å². The first-order valence-corrected chi connectivity index (χ1v) is 9.52. The van der Waals surface area contributed by atoms with E-state index in [0.717, 1.165) is 47.2 Å². The van der Waals surface area contributed by atoms with Crippen LogP contribution in [0.2, 0.25) is 0 Å². The minimum atomic E-state index is -3.39. The van der Waals surface area contributed by atoms with Gasteiger partial charge in [0.1, 0.15) is 0 Å². The SMILES string of the molecule is Cc1cccc(CS(=O)(=O)NC2CCCc3cc(N)ccc32)c1. The number of anilines is 1. The van der Waals surface area contributed by atoms with E-state index >= 15 is 0 Å². The number of hydrogen-bond donors (Lipinski definition) is 2. The molecule has 1 atom stereocenters. The van der Waals surface area contributed by atoms with Crippen LogP contribution >= 0.6 is 0 Å². The summed E-state index contributed by atoms with van der Waals surface area (Å²) in [7, 11) is -3.39. The maximum absolute atomic E-state index is 12.5. The van der Waals surface area contributed by atoms with Gasteiger partial charge in [-0.2, -0.15) is 0 Å². The quantitative estimate of drug-likeness (QED) is 0.846. The molecule has 0 aromatic heterocycles. The number of aryl methyl sites for hydroxylation is 2. The van der Waals surface area contributed by atoms with Gasteiger partial charge in [-0.3, -0.25) is 0 Å². The summed E-state index contributed by atoms with van der Waals surface area (Å²) < 4.78 is 27.9. The number of nitrogens with one attached hydrogen (secondary N) is 1. The summed E-state index contributed by atoms with van der Waals surface area (Å²) in [4.78, 5) is 0. The smallest absolute Gasteiger partial charge is 0.216 e. The van der Waals surface area contributed by atoms with Gasteiger partial charge in [0.25, 0.3) is 0 Å². The van der Waals surface area contributed by atoms with Gasteiger partial charge in [-0.15, -0.1) is 0 Å². The molecule has 122 valence electrons. The summed E-state index contributed by atoms with van der Waals surface area (Å²) in [5.74, 6) is 0.00941. The molecule has 0 amide bonds. The van der Waals surface area contributed by atoms with E-state index in [2.05, 4.69) is 4.72 Å². The zero-order valence-electron chi connectivity index (χ0n) is 13.2. The molecular weight excluding hydrogens is 308 g/mol. The molecule has 0 heterocycles. The zero-order chi connectivity index (χ0) is 16.4. The highest BCUT2D eigenvalue weighted by Crippen LogP contribution is 2.31. The van der Waals surface area contributed by atoms with Crippen molar-refractivity contribution < 1.29 is 8.42 Å². The highest BCUT2D eigenvalue weighted by molar-refractivity contribution is 7.88. The van der Waals surface area contributed by atoms with Crippen molar-refractivity contribution in [3.05, 3.63) is 64.7 Å². The molecule has 0 saturated heterocycles. The summed E-state index contributed by atoms with van der Waals surface area (Å²) >= 11 is 0. The Morgan fingerprint density at radius 2 is 2.04 bits per heavy atom. The molecule has 0 aliphatic heterocycles. The van der Waals surface area contributed by atoms with Gasteiger partial charge in [-0.1, -0.05) is 35.9 Å². The van der Waals surface area contributed by atoms with Crippen molar-refractivity contribution in [2.24, 2.45) is 0 Å². The van der Waals surface area contributed by atoms with Gasteiger partial charge in [0.05, 0.1) is 5.75 Å². The van der Waals surface area contributed by atoms with Crippen molar-refractivity contribution >= 4 is 15.7 Å². The van der Waals surface area contributed by atoms with E-state index in [4.69, 9.17) is 5.73 Å². The topological polar surface area (TPSA) is 72.2 Å². The molecule has 1 aliphatic rings. The van der Waals surface area contributed by atoms with E-state index in [1.807, 2.05) is 49.4 Å². The van der Waals surface area contributed by atoms with E-state index in [1.54, 1.807) is 0 Å². The third-order valence-corrected chi connectivity index (χ3v) is 5.60. The molecule has 0 fully saturated rings. The number of rotatable bonds is 4. The van der Waals surface area contributed by atoms with Crippen molar-refractivity contribution in [3.8, 4) is 0 Å². The predicted octanol–water partition coefficient (Wildman–Crippen LogP) is 3.07. The van der Waals surface area contributed by atoms with Crippen LogP contribution in [-0.4, -0.2) is 8.42 Å². The summed E-state index contributed by atoms with van der Waals surface area (Å²) in [5.41, 5.74) is 10.6. The average molecular weight is 330 g/mol. The van der Waals surface area contributed by atoms with Gasteiger partial charge in [-0.25, -0.2) is 13.1 Å².